The molecular weight excluding hydrogens is 295 g/mol. The molecule has 0 bridgehead atoms. The van der Waals surface area contributed by atoms with Crippen molar-refractivity contribution in [2.75, 3.05) is 39.4 Å². The Bertz CT molecular complexity index is 468. The van der Waals surface area contributed by atoms with E-state index in [1.54, 1.807) is 13.2 Å². The maximum Gasteiger partial charge on any atom is 0.135 e. The zero-order valence-electron chi connectivity index (χ0n) is 12.2. The third-order valence-corrected chi connectivity index (χ3v) is 2.70. The van der Waals surface area contributed by atoms with Crippen molar-refractivity contribution in [3.63, 3.8) is 0 Å². The van der Waals surface area contributed by atoms with Crippen molar-refractivity contribution in [2.45, 2.75) is 12.8 Å². The van der Waals surface area contributed by atoms with Crippen molar-refractivity contribution in [1.82, 2.24) is 0 Å². The molecule has 1 aromatic carbocycles. The van der Waals surface area contributed by atoms with Crippen LogP contribution in [0.5, 0.6) is 5.75 Å². The maximum absolute atomic E-state index is 13.2. The molecule has 0 aliphatic rings. The standard InChI is InChI=1S/C16H20ClFO3/c1-19-11-12-20-9-4-10-21-16-7-6-15(18)13-14(16)5-2-3-8-17/h6-7,13H,3-4,8-12H2,1H3. The summed E-state index contributed by atoms with van der Waals surface area (Å²) in [5, 5.41) is 0. The van der Waals surface area contributed by atoms with Gasteiger partial charge in [0.25, 0.3) is 0 Å². The molecule has 21 heavy (non-hydrogen) atoms. The summed E-state index contributed by atoms with van der Waals surface area (Å²) in [6.45, 7) is 2.24. The van der Waals surface area contributed by atoms with E-state index in [1.807, 2.05) is 0 Å². The molecule has 1 rings (SSSR count). The molecule has 0 saturated heterocycles. The van der Waals surface area contributed by atoms with E-state index in [9.17, 15) is 4.39 Å². The van der Waals surface area contributed by atoms with Crippen molar-refractivity contribution in [1.29, 1.82) is 0 Å². The molecular formula is C16H20ClFO3. The van der Waals surface area contributed by atoms with Crippen LogP contribution >= 0.6 is 11.6 Å². The van der Waals surface area contributed by atoms with Gasteiger partial charge >= 0.3 is 0 Å². The smallest absolute Gasteiger partial charge is 0.135 e. The Hall–Kier alpha value is -1.28. The van der Waals surface area contributed by atoms with Crippen LogP contribution in [-0.4, -0.2) is 39.4 Å². The van der Waals surface area contributed by atoms with E-state index in [0.29, 0.717) is 50.0 Å². The fraction of sp³-hybridized carbons (Fsp3) is 0.500. The van der Waals surface area contributed by atoms with Gasteiger partial charge in [-0.15, -0.1) is 11.6 Å². The Labute approximate surface area is 130 Å². The second-order valence-corrected chi connectivity index (χ2v) is 4.57. The Balaban J connectivity index is 2.42. The van der Waals surface area contributed by atoms with Crippen LogP contribution in [0.1, 0.15) is 18.4 Å². The highest BCUT2D eigenvalue weighted by atomic mass is 35.5. The predicted octanol–water partition coefficient (Wildman–Crippen LogP) is 3.24. The minimum absolute atomic E-state index is 0.333. The van der Waals surface area contributed by atoms with Gasteiger partial charge in [-0.2, -0.15) is 0 Å². The average molecular weight is 315 g/mol. The summed E-state index contributed by atoms with van der Waals surface area (Å²) in [5.41, 5.74) is 0.542. The van der Waals surface area contributed by atoms with Crippen LogP contribution in [0.25, 0.3) is 0 Å². The summed E-state index contributed by atoms with van der Waals surface area (Å²) in [6, 6.07) is 4.31. The first-order chi connectivity index (χ1) is 10.3. The molecule has 116 valence electrons. The Morgan fingerprint density at radius 1 is 1.19 bits per heavy atom. The number of hydrogen-bond donors (Lipinski definition) is 0. The molecule has 0 aliphatic carbocycles. The number of ether oxygens (including phenoxy) is 3. The van der Waals surface area contributed by atoms with Crippen molar-refractivity contribution in [3.05, 3.63) is 29.6 Å². The van der Waals surface area contributed by atoms with Gasteiger partial charge in [-0.05, 0) is 18.2 Å². The lowest BCUT2D eigenvalue weighted by Gasteiger charge is -2.09. The van der Waals surface area contributed by atoms with Gasteiger partial charge in [0, 0.05) is 32.4 Å². The van der Waals surface area contributed by atoms with E-state index in [0.717, 1.165) is 6.42 Å². The first-order valence-electron chi connectivity index (χ1n) is 6.81. The Kier molecular flexibility index (Phi) is 9.64. The highest BCUT2D eigenvalue weighted by molar-refractivity contribution is 6.18. The van der Waals surface area contributed by atoms with Gasteiger partial charge in [0.2, 0.25) is 0 Å². The van der Waals surface area contributed by atoms with Crippen LogP contribution < -0.4 is 4.74 Å². The Morgan fingerprint density at radius 3 is 2.81 bits per heavy atom. The first kappa shape index (κ1) is 17.8. The number of rotatable bonds is 9. The van der Waals surface area contributed by atoms with Crippen LogP contribution in [0.4, 0.5) is 4.39 Å². The van der Waals surface area contributed by atoms with Gasteiger partial charge in [0.15, 0.2) is 0 Å². The summed E-state index contributed by atoms with van der Waals surface area (Å²) in [4.78, 5) is 0. The lowest BCUT2D eigenvalue weighted by molar-refractivity contribution is 0.0644. The fourth-order valence-electron chi connectivity index (χ4n) is 1.52. The van der Waals surface area contributed by atoms with E-state index in [-0.39, 0.29) is 5.82 Å². The summed E-state index contributed by atoms with van der Waals surface area (Å²) < 4.78 is 29.1. The highest BCUT2D eigenvalue weighted by Crippen LogP contribution is 2.19. The molecule has 1 aromatic rings. The largest absolute Gasteiger partial charge is 0.492 e. The third-order valence-electron chi connectivity index (χ3n) is 2.51. The van der Waals surface area contributed by atoms with Crippen molar-refractivity contribution in [3.8, 4) is 17.6 Å². The number of hydrogen-bond acceptors (Lipinski definition) is 3. The van der Waals surface area contributed by atoms with E-state index >= 15 is 0 Å². The second-order valence-electron chi connectivity index (χ2n) is 4.19. The maximum atomic E-state index is 13.2. The number of halogens is 2. The second kappa shape index (κ2) is 11.4. The molecule has 0 aromatic heterocycles. The molecule has 0 atom stereocenters. The molecule has 0 spiro atoms. The molecule has 3 nitrogen and oxygen atoms in total. The predicted molar refractivity (Wildman–Crippen MR) is 81.4 cm³/mol. The molecule has 5 heteroatoms. The molecule has 0 heterocycles. The summed E-state index contributed by atoms with van der Waals surface area (Å²) in [5.74, 6) is 6.45. The van der Waals surface area contributed by atoms with Crippen LogP contribution in [0.15, 0.2) is 18.2 Å². The van der Waals surface area contributed by atoms with Crippen LogP contribution in [0, 0.1) is 17.7 Å². The number of benzene rings is 1. The normalized spacial score (nSPS) is 10.0. The molecule has 0 radical (unpaired) electrons. The molecule has 0 fully saturated rings. The van der Waals surface area contributed by atoms with Crippen molar-refractivity contribution < 1.29 is 18.6 Å². The van der Waals surface area contributed by atoms with Crippen LogP contribution in [-0.2, 0) is 9.47 Å². The van der Waals surface area contributed by atoms with Gasteiger partial charge in [-0.1, -0.05) is 11.8 Å². The van der Waals surface area contributed by atoms with Gasteiger partial charge in [0.1, 0.15) is 11.6 Å². The molecule has 0 unspecified atom stereocenters. The topological polar surface area (TPSA) is 27.7 Å². The number of methoxy groups -OCH3 is 1. The first-order valence-corrected chi connectivity index (χ1v) is 7.35. The lowest BCUT2D eigenvalue weighted by Crippen LogP contribution is -2.07. The fourth-order valence-corrected chi connectivity index (χ4v) is 1.61. The molecule has 0 saturated carbocycles. The quantitative estimate of drug-likeness (QED) is 0.398. The van der Waals surface area contributed by atoms with E-state index < -0.39 is 0 Å². The molecule has 0 amide bonds. The van der Waals surface area contributed by atoms with Crippen molar-refractivity contribution >= 4 is 11.6 Å². The lowest BCUT2D eigenvalue weighted by atomic mass is 10.2. The van der Waals surface area contributed by atoms with E-state index in [4.69, 9.17) is 25.8 Å². The van der Waals surface area contributed by atoms with Gasteiger partial charge in [-0.3, -0.25) is 0 Å². The minimum atomic E-state index is -0.333. The molecule has 0 N–H and O–H groups in total. The average Bonchev–Trinajstić information content (AvgIpc) is 2.48. The molecule has 0 aliphatic heterocycles. The van der Waals surface area contributed by atoms with Crippen molar-refractivity contribution in [2.24, 2.45) is 0 Å². The summed E-state index contributed by atoms with van der Waals surface area (Å²) >= 11 is 5.56. The van der Waals surface area contributed by atoms with E-state index in [2.05, 4.69) is 11.8 Å². The zero-order valence-corrected chi connectivity index (χ0v) is 12.9. The number of alkyl halides is 1. The highest BCUT2D eigenvalue weighted by Gasteiger charge is 2.03. The van der Waals surface area contributed by atoms with E-state index in [1.165, 1.54) is 12.1 Å². The third kappa shape index (κ3) is 7.91. The van der Waals surface area contributed by atoms with Crippen LogP contribution in [0.3, 0.4) is 0 Å². The summed E-state index contributed by atoms with van der Waals surface area (Å²) in [7, 11) is 1.63. The SMILES string of the molecule is COCCOCCCOc1ccc(F)cc1C#CCCCl. The van der Waals surface area contributed by atoms with Gasteiger partial charge in [-0.25, -0.2) is 4.39 Å². The summed E-state index contributed by atoms with van der Waals surface area (Å²) in [6.07, 6.45) is 1.31. The zero-order chi connectivity index (χ0) is 15.3. The van der Waals surface area contributed by atoms with Crippen LogP contribution in [0.2, 0.25) is 0 Å². The van der Waals surface area contributed by atoms with Gasteiger partial charge < -0.3 is 14.2 Å². The minimum Gasteiger partial charge on any atom is -0.492 e. The van der Waals surface area contributed by atoms with Gasteiger partial charge in [0.05, 0.1) is 25.4 Å². The monoisotopic (exact) mass is 314 g/mol. The Morgan fingerprint density at radius 2 is 2.05 bits per heavy atom.